The first-order chi connectivity index (χ1) is 9.40. The van der Waals surface area contributed by atoms with Crippen LogP contribution in [0.1, 0.15) is 44.9 Å². The fourth-order valence-corrected chi connectivity index (χ4v) is 2.41. The lowest BCUT2D eigenvalue weighted by atomic mass is 9.99. The summed E-state index contributed by atoms with van der Waals surface area (Å²) in [6, 6.07) is 8.17. The summed E-state index contributed by atoms with van der Waals surface area (Å²) in [6.07, 6.45) is 0. The van der Waals surface area contributed by atoms with E-state index in [9.17, 15) is 4.79 Å². The Morgan fingerprint density at radius 3 is 2.20 bits per heavy atom. The minimum Gasteiger partial charge on any atom is -0.299 e. The van der Waals surface area contributed by atoms with E-state index in [1.807, 2.05) is 12.1 Å². The molecule has 0 aliphatic heterocycles. The number of rotatable bonds is 4. The van der Waals surface area contributed by atoms with Gasteiger partial charge < -0.3 is 0 Å². The highest BCUT2D eigenvalue weighted by molar-refractivity contribution is 5.66. The molecule has 3 heteroatoms. The van der Waals surface area contributed by atoms with Crippen LogP contribution in [0.4, 0.5) is 0 Å². The molecule has 1 aromatic heterocycles. The van der Waals surface area contributed by atoms with E-state index >= 15 is 0 Å². The van der Waals surface area contributed by atoms with Gasteiger partial charge in [-0.15, -0.1) is 0 Å². The summed E-state index contributed by atoms with van der Waals surface area (Å²) in [6.45, 7) is 11.2. The van der Waals surface area contributed by atoms with Crippen molar-refractivity contribution < 1.29 is 0 Å². The third kappa shape index (κ3) is 2.87. The molecule has 0 amide bonds. The Balaban J connectivity index is 2.58. The Morgan fingerprint density at radius 1 is 1.10 bits per heavy atom. The lowest BCUT2D eigenvalue weighted by Gasteiger charge is -2.06. The molecule has 0 bridgehead atoms. The number of benzene rings is 1. The summed E-state index contributed by atoms with van der Waals surface area (Å²) in [5, 5.41) is 3.30. The van der Waals surface area contributed by atoms with Gasteiger partial charge >= 0.3 is 0 Å². The Kier molecular flexibility index (Phi) is 4.17. The van der Waals surface area contributed by atoms with Gasteiger partial charge in [0.25, 0.3) is 5.56 Å². The zero-order valence-electron chi connectivity index (χ0n) is 13.0. The Hall–Kier alpha value is -1.77. The van der Waals surface area contributed by atoms with E-state index < -0.39 is 0 Å². The van der Waals surface area contributed by atoms with Crippen LogP contribution in [0.2, 0.25) is 0 Å². The molecule has 0 saturated heterocycles. The van der Waals surface area contributed by atoms with E-state index in [2.05, 4.69) is 51.9 Å². The smallest absolute Gasteiger partial charge is 0.274 e. The molecule has 20 heavy (non-hydrogen) atoms. The van der Waals surface area contributed by atoms with Gasteiger partial charge in [-0.2, -0.15) is 0 Å². The van der Waals surface area contributed by atoms with Crippen molar-refractivity contribution in [3.8, 4) is 11.1 Å². The van der Waals surface area contributed by atoms with Gasteiger partial charge in [-0.1, -0.05) is 57.5 Å². The maximum Gasteiger partial charge on any atom is 0.274 e. The minimum absolute atomic E-state index is 0.0891. The van der Waals surface area contributed by atoms with Gasteiger partial charge in [-0.3, -0.25) is 14.6 Å². The Bertz CT molecular complexity index is 630. The van der Waals surface area contributed by atoms with Gasteiger partial charge in [0.2, 0.25) is 0 Å². The van der Waals surface area contributed by atoms with Crippen molar-refractivity contribution in [2.75, 3.05) is 0 Å². The monoisotopic (exact) mass is 272 g/mol. The number of nitrogens with one attached hydrogen (secondary N) is 1. The number of aryl methyl sites for hydroxylation is 1. The highest BCUT2D eigenvalue weighted by Gasteiger charge is 2.18. The molecule has 0 unspecified atom stereocenters. The summed E-state index contributed by atoms with van der Waals surface area (Å²) in [5.74, 6) is 0.740. The van der Waals surface area contributed by atoms with Gasteiger partial charge in [0.1, 0.15) is 0 Å². The first kappa shape index (κ1) is 14.6. The summed E-state index contributed by atoms with van der Waals surface area (Å²) in [7, 11) is 0. The van der Waals surface area contributed by atoms with Crippen LogP contribution in [0.25, 0.3) is 11.1 Å². The number of nitrogens with zero attached hydrogens (tertiary/aromatic N) is 1. The zero-order chi connectivity index (χ0) is 14.9. The first-order valence-electron chi connectivity index (χ1n) is 7.30. The van der Waals surface area contributed by atoms with E-state index in [4.69, 9.17) is 0 Å². The largest absolute Gasteiger partial charge is 0.299 e. The van der Waals surface area contributed by atoms with E-state index in [1.54, 1.807) is 4.68 Å². The highest BCUT2D eigenvalue weighted by Crippen LogP contribution is 2.25. The first-order valence-corrected chi connectivity index (χ1v) is 7.30. The summed E-state index contributed by atoms with van der Waals surface area (Å²) >= 11 is 0. The number of aromatic amines is 1. The molecule has 1 heterocycles. The summed E-state index contributed by atoms with van der Waals surface area (Å²) in [5.41, 5.74) is 4.15. The molecule has 0 aliphatic rings. The fraction of sp³-hybridized carbons (Fsp3) is 0.471. The molecule has 0 radical (unpaired) electrons. The molecule has 0 saturated carbocycles. The number of hydrogen-bond donors (Lipinski definition) is 1. The van der Waals surface area contributed by atoms with Crippen LogP contribution >= 0.6 is 0 Å². The maximum absolute atomic E-state index is 12.6. The summed E-state index contributed by atoms with van der Waals surface area (Å²) in [4.78, 5) is 12.6. The normalized spacial score (nSPS) is 11.6. The van der Waals surface area contributed by atoms with Crippen LogP contribution in [0.5, 0.6) is 0 Å². The standard InChI is InChI=1S/C17H24N2O/c1-11(2)10-19-17(20)15(16(18-19)12(3)4)14-8-6-13(5)7-9-14/h6-9,11-12,18H,10H2,1-5H3. The van der Waals surface area contributed by atoms with E-state index in [-0.39, 0.29) is 5.56 Å². The molecule has 0 spiro atoms. The SMILES string of the molecule is Cc1ccc(-c2c(C(C)C)[nH]n(CC(C)C)c2=O)cc1. The van der Waals surface area contributed by atoms with Crippen molar-refractivity contribution in [3.05, 3.63) is 45.9 Å². The molecule has 1 aromatic carbocycles. The van der Waals surface area contributed by atoms with Crippen LogP contribution in [0.15, 0.2) is 29.1 Å². The molecule has 2 rings (SSSR count). The third-order valence-electron chi connectivity index (χ3n) is 3.45. The van der Waals surface area contributed by atoms with Crippen LogP contribution < -0.4 is 5.56 Å². The van der Waals surface area contributed by atoms with Crippen molar-refractivity contribution in [2.24, 2.45) is 5.92 Å². The van der Waals surface area contributed by atoms with E-state index in [0.717, 1.165) is 23.4 Å². The van der Waals surface area contributed by atoms with Gasteiger partial charge in [0.05, 0.1) is 5.56 Å². The highest BCUT2D eigenvalue weighted by atomic mass is 16.1. The van der Waals surface area contributed by atoms with Gasteiger partial charge in [-0.05, 0) is 24.3 Å². The van der Waals surface area contributed by atoms with Crippen molar-refractivity contribution >= 4 is 0 Å². The van der Waals surface area contributed by atoms with Gasteiger partial charge in [0.15, 0.2) is 0 Å². The topological polar surface area (TPSA) is 37.8 Å². The lowest BCUT2D eigenvalue weighted by Crippen LogP contribution is -2.20. The molecule has 0 fully saturated rings. The van der Waals surface area contributed by atoms with Crippen LogP contribution in [-0.4, -0.2) is 9.78 Å². The molecule has 0 atom stereocenters. The molecular weight excluding hydrogens is 248 g/mol. The second-order valence-corrected chi connectivity index (χ2v) is 6.23. The van der Waals surface area contributed by atoms with Crippen LogP contribution in [0, 0.1) is 12.8 Å². The van der Waals surface area contributed by atoms with E-state index in [0.29, 0.717) is 11.8 Å². The molecular formula is C17H24N2O. The predicted molar refractivity (Wildman–Crippen MR) is 84.2 cm³/mol. The average Bonchev–Trinajstić information content (AvgIpc) is 2.68. The van der Waals surface area contributed by atoms with Gasteiger partial charge in [-0.25, -0.2) is 0 Å². The average molecular weight is 272 g/mol. The maximum atomic E-state index is 12.6. The van der Waals surface area contributed by atoms with Crippen molar-refractivity contribution in [3.63, 3.8) is 0 Å². The van der Waals surface area contributed by atoms with Crippen LogP contribution in [-0.2, 0) is 6.54 Å². The predicted octanol–water partition coefficient (Wildman–Crippen LogP) is 3.93. The lowest BCUT2D eigenvalue weighted by molar-refractivity contribution is 0.468. The molecule has 1 N–H and O–H groups in total. The number of hydrogen-bond acceptors (Lipinski definition) is 1. The minimum atomic E-state index is 0.0891. The summed E-state index contributed by atoms with van der Waals surface area (Å²) < 4.78 is 1.75. The Morgan fingerprint density at radius 2 is 1.70 bits per heavy atom. The third-order valence-corrected chi connectivity index (χ3v) is 3.45. The molecule has 2 aromatic rings. The van der Waals surface area contributed by atoms with Crippen molar-refractivity contribution in [2.45, 2.75) is 47.1 Å². The molecule has 108 valence electrons. The van der Waals surface area contributed by atoms with Crippen molar-refractivity contribution in [1.29, 1.82) is 0 Å². The Labute approximate surface area is 120 Å². The van der Waals surface area contributed by atoms with E-state index in [1.165, 1.54) is 5.56 Å². The molecule has 0 aliphatic carbocycles. The quantitative estimate of drug-likeness (QED) is 0.899. The second kappa shape index (κ2) is 5.70. The molecule has 3 nitrogen and oxygen atoms in total. The zero-order valence-corrected chi connectivity index (χ0v) is 13.0. The fourth-order valence-electron chi connectivity index (χ4n) is 2.41. The van der Waals surface area contributed by atoms with Crippen molar-refractivity contribution in [1.82, 2.24) is 9.78 Å². The van der Waals surface area contributed by atoms with Crippen LogP contribution in [0.3, 0.4) is 0 Å². The number of aromatic nitrogens is 2. The second-order valence-electron chi connectivity index (χ2n) is 6.23. The number of H-pyrrole nitrogens is 1. The van der Waals surface area contributed by atoms with Gasteiger partial charge in [0, 0.05) is 12.2 Å².